The van der Waals surface area contributed by atoms with Crippen LogP contribution in [0.2, 0.25) is 0 Å². The van der Waals surface area contributed by atoms with Gasteiger partial charge in [-0.25, -0.2) is 13.5 Å². The van der Waals surface area contributed by atoms with Crippen LogP contribution in [-0.4, -0.2) is 27.3 Å². The zero-order chi connectivity index (χ0) is 19.6. The molecule has 3 aromatic carbocycles. The number of halogens is 2. The SMILES string of the molecule is OC(CF)(CSc1ccc(F)cc1)c1ccc2c(cnn2-c2ccccc2)c1. The number of hydrogen-bond acceptors (Lipinski definition) is 3. The molecule has 0 aliphatic heterocycles. The lowest BCUT2D eigenvalue weighted by Crippen LogP contribution is -2.31. The number of benzene rings is 3. The second-order valence-corrected chi connectivity index (χ2v) is 7.62. The normalized spacial score (nSPS) is 13.5. The van der Waals surface area contributed by atoms with Crippen molar-refractivity contribution in [3.05, 3.63) is 90.4 Å². The van der Waals surface area contributed by atoms with E-state index >= 15 is 0 Å². The van der Waals surface area contributed by atoms with Gasteiger partial charge in [-0.3, -0.25) is 0 Å². The van der Waals surface area contributed by atoms with Gasteiger partial charge in [0.2, 0.25) is 0 Å². The molecule has 6 heteroatoms. The van der Waals surface area contributed by atoms with Gasteiger partial charge in [0.25, 0.3) is 0 Å². The predicted octanol–water partition coefficient (Wildman–Crippen LogP) is 5.11. The van der Waals surface area contributed by atoms with Crippen LogP contribution in [0.1, 0.15) is 5.56 Å². The molecule has 1 N–H and O–H groups in total. The number of alkyl halides is 1. The van der Waals surface area contributed by atoms with Gasteiger partial charge in [0.15, 0.2) is 0 Å². The highest BCUT2D eigenvalue weighted by Gasteiger charge is 2.30. The van der Waals surface area contributed by atoms with Crippen LogP contribution in [0.25, 0.3) is 16.6 Å². The van der Waals surface area contributed by atoms with Crippen molar-refractivity contribution >= 4 is 22.7 Å². The number of fused-ring (bicyclic) bond motifs is 1. The van der Waals surface area contributed by atoms with E-state index in [9.17, 15) is 13.9 Å². The number of nitrogens with zero attached hydrogens (tertiary/aromatic N) is 2. The van der Waals surface area contributed by atoms with Crippen LogP contribution >= 0.6 is 11.8 Å². The topological polar surface area (TPSA) is 38.1 Å². The molecule has 0 saturated heterocycles. The first-order chi connectivity index (χ1) is 13.6. The molecule has 1 aromatic heterocycles. The molecule has 4 rings (SSSR count). The van der Waals surface area contributed by atoms with Gasteiger partial charge in [0.05, 0.1) is 17.4 Å². The van der Waals surface area contributed by atoms with Crippen molar-refractivity contribution in [1.82, 2.24) is 9.78 Å². The molecule has 0 aliphatic carbocycles. The molecule has 28 heavy (non-hydrogen) atoms. The molecule has 0 aliphatic rings. The number of aliphatic hydroxyl groups is 1. The maximum atomic E-state index is 13.8. The standard InChI is InChI=1S/C22H18F2N2OS/c23-14-22(27,15-28-20-9-7-18(24)8-10-20)17-6-11-21-16(12-17)13-25-26(21)19-4-2-1-3-5-19/h1-13,27H,14-15H2. The molecule has 1 unspecified atom stereocenters. The van der Waals surface area contributed by atoms with E-state index < -0.39 is 12.3 Å². The van der Waals surface area contributed by atoms with Crippen LogP contribution in [0, 0.1) is 5.82 Å². The van der Waals surface area contributed by atoms with Gasteiger partial charge < -0.3 is 5.11 Å². The summed E-state index contributed by atoms with van der Waals surface area (Å²) in [6, 6.07) is 21.0. The molecule has 4 aromatic rings. The summed E-state index contributed by atoms with van der Waals surface area (Å²) in [5.74, 6) is -0.209. The van der Waals surface area contributed by atoms with Crippen LogP contribution in [0.5, 0.6) is 0 Å². The van der Waals surface area contributed by atoms with Crippen molar-refractivity contribution in [2.24, 2.45) is 0 Å². The fourth-order valence-electron chi connectivity index (χ4n) is 3.03. The number of hydrogen-bond donors (Lipinski definition) is 1. The second-order valence-electron chi connectivity index (χ2n) is 6.57. The maximum Gasteiger partial charge on any atom is 0.127 e. The highest BCUT2D eigenvalue weighted by atomic mass is 32.2. The van der Waals surface area contributed by atoms with Crippen molar-refractivity contribution in [3.63, 3.8) is 0 Å². The number of thioether (sulfide) groups is 1. The average molecular weight is 396 g/mol. The van der Waals surface area contributed by atoms with E-state index in [1.54, 1.807) is 35.1 Å². The van der Waals surface area contributed by atoms with Crippen molar-refractivity contribution in [1.29, 1.82) is 0 Å². The Morgan fingerprint density at radius 2 is 1.75 bits per heavy atom. The van der Waals surface area contributed by atoms with Gasteiger partial charge >= 0.3 is 0 Å². The largest absolute Gasteiger partial charge is 0.382 e. The van der Waals surface area contributed by atoms with Gasteiger partial charge in [0.1, 0.15) is 18.1 Å². The summed E-state index contributed by atoms with van der Waals surface area (Å²) in [7, 11) is 0. The smallest absolute Gasteiger partial charge is 0.127 e. The fourth-order valence-corrected chi connectivity index (χ4v) is 4.01. The summed E-state index contributed by atoms with van der Waals surface area (Å²) in [5, 5.41) is 16.1. The van der Waals surface area contributed by atoms with Crippen molar-refractivity contribution in [2.75, 3.05) is 12.4 Å². The molecule has 0 saturated carbocycles. The number of rotatable bonds is 6. The van der Waals surface area contributed by atoms with Crippen LogP contribution in [-0.2, 0) is 5.60 Å². The summed E-state index contributed by atoms with van der Waals surface area (Å²) in [6.45, 7) is -0.917. The van der Waals surface area contributed by atoms with Crippen LogP contribution in [0.3, 0.4) is 0 Å². The Balaban J connectivity index is 1.62. The monoisotopic (exact) mass is 396 g/mol. The molecular formula is C22H18F2N2OS. The molecule has 1 atom stereocenters. The summed E-state index contributed by atoms with van der Waals surface area (Å²) in [4.78, 5) is 0.770. The molecule has 1 heterocycles. The van der Waals surface area contributed by atoms with Crippen LogP contribution in [0.4, 0.5) is 8.78 Å². The van der Waals surface area contributed by atoms with E-state index in [4.69, 9.17) is 0 Å². The Labute approximate surface area is 165 Å². The minimum Gasteiger partial charge on any atom is -0.382 e. The molecular weight excluding hydrogens is 378 g/mol. The Kier molecular flexibility index (Phi) is 5.15. The Morgan fingerprint density at radius 3 is 2.46 bits per heavy atom. The Hall–Kier alpha value is -2.70. The third-order valence-electron chi connectivity index (χ3n) is 4.62. The van der Waals surface area contributed by atoms with Gasteiger partial charge in [-0.1, -0.05) is 24.3 Å². The van der Waals surface area contributed by atoms with Gasteiger partial charge in [-0.05, 0) is 54.1 Å². The summed E-state index contributed by atoms with van der Waals surface area (Å²) in [5.41, 5.74) is 0.659. The highest BCUT2D eigenvalue weighted by Crippen LogP contribution is 2.32. The molecule has 0 fully saturated rings. The quantitative estimate of drug-likeness (QED) is 0.460. The van der Waals surface area contributed by atoms with E-state index in [-0.39, 0.29) is 11.6 Å². The van der Waals surface area contributed by atoms with E-state index in [1.807, 2.05) is 36.4 Å². The zero-order valence-corrected chi connectivity index (χ0v) is 15.7. The number of para-hydroxylation sites is 1. The van der Waals surface area contributed by atoms with Gasteiger partial charge in [-0.2, -0.15) is 5.10 Å². The lowest BCUT2D eigenvalue weighted by Gasteiger charge is -2.25. The first kappa shape index (κ1) is 18.7. The minimum absolute atomic E-state index is 0.119. The Morgan fingerprint density at radius 1 is 1.00 bits per heavy atom. The molecule has 0 radical (unpaired) electrons. The molecule has 0 amide bonds. The lowest BCUT2D eigenvalue weighted by molar-refractivity contribution is 0.0350. The van der Waals surface area contributed by atoms with E-state index in [0.717, 1.165) is 21.5 Å². The van der Waals surface area contributed by atoms with Gasteiger partial charge in [0, 0.05) is 16.0 Å². The first-order valence-electron chi connectivity index (χ1n) is 8.79. The lowest BCUT2D eigenvalue weighted by atomic mass is 9.96. The summed E-state index contributed by atoms with van der Waals surface area (Å²) in [6.07, 6.45) is 1.71. The molecule has 3 nitrogen and oxygen atoms in total. The summed E-state index contributed by atoms with van der Waals surface area (Å²) < 4.78 is 28.7. The molecule has 142 valence electrons. The third-order valence-corrected chi connectivity index (χ3v) is 5.85. The van der Waals surface area contributed by atoms with Gasteiger partial charge in [-0.15, -0.1) is 11.8 Å². The van der Waals surface area contributed by atoms with Crippen molar-refractivity contribution in [2.45, 2.75) is 10.5 Å². The average Bonchev–Trinajstić information content (AvgIpc) is 3.17. The van der Waals surface area contributed by atoms with Crippen LogP contribution in [0.15, 0.2) is 83.9 Å². The van der Waals surface area contributed by atoms with E-state index in [0.29, 0.717) is 5.56 Å². The molecule has 0 spiro atoms. The highest BCUT2D eigenvalue weighted by molar-refractivity contribution is 7.99. The zero-order valence-electron chi connectivity index (χ0n) is 14.9. The predicted molar refractivity (Wildman–Crippen MR) is 108 cm³/mol. The minimum atomic E-state index is -1.64. The van der Waals surface area contributed by atoms with Crippen molar-refractivity contribution in [3.8, 4) is 5.69 Å². The summed E-state index contributed by atoms with van der Waals surface area (Å²) >= 11 is 1.29. The van der Waals surface area contributed by atoms with Crippen LogP contribution < -0.4 is 0 Å². The molecule has 0 bridgehead atoms. The Bertz CT molecular complexity index is 1080. The fraction of sp³-hybridized carbons (Fsp3) is 0.136. The maximum absolute atomic E-state index is 13.8. The van der Waals surface area contributed by atoms with E-state index in [1.165, 1.54) is 23.9 Å². The third kappa shape index (κ3) is 3.66. The first-order valence-corrected chi connectivity index (χ1v) is 9.78. The number of aromatic nitrogens is 2. The van der Waals surface area contributed by atoms with Crippen molar-refractivity contribution < 1.29 is 13.9 Å². The van der Waals surface area contributed by atoms with E-state index in [2.05, 4.69) is 5.10 Å². The second kappa shape index (κ2) is 7.73.